The number of carboxylic acids is 1. The van der Waals surface area contributed by atoms with Gasteiger partial charge in [-0.25, -0.2) is 9.48 Å². The molecule has 1 aliphatic rings. The Morgan fingerprint density at radius 3 is 2.41 bits per heavy atom. The van der Waals surface area contributed by atoms with Crippen molar-refractivity contribution in [2.24, 2.45) is 11.8 Å². The third-order valence-electron chi connectivity index (χ3n) is 6.40. The van der Waals surface area contributed by atoms with E-state index in [4.69, 9.17) is 0 Å². The van der Waals surface area contributed by atoms with Crippen LogP contribution in [0.2, 0.25) is 0 Å². The minimum Gasteiger partial charge on any atom is -0.477 e. The highest BCUT2D eigenvalue weighted by Gasteiger charge is 2.34. The zero-order chi connectivity index (χ0) is 24.2. The van der Waals surface area contributed by atoms with Crippen LogP contribution in [0.4, 0.5) is 5.82 Å². The Labute approximate surface area is 199 Å². The van der Waals surface area contributed by atoms with Gasteiger partial charge in [-0.3, -0.25) is 14.8 Å². The number of amides is 1. The van der Waals surface area contributed by atoms with Crippen molar-refractivity contribution in [3.05, 3.63) is 59.5 Å². The van der Waals surface area contributed by atoms with Crippen molar-refractivity contribution in [3.63, 3.8) is 0 Å². The average Bonchev–Trinajstić information content (AvgIpc) is 3.49. The van der Waals surface area contributed by atoms with Crippen LogP contribution < -0.4 is 4.90 Å². The molecule has 178 valence electrons. The number of anilines is 1. The summed E-state index contributed by atoms with van der Waals surface area (Å²) in [4.78, 5) is 27.1. The van der Waals surface area contributed by atoms with E-state index in [1.165, 1.54) is 10.9 Å². The number of hydrogen-bond donors (Lipinski definition) is 2. The summed E-state index contributed by atoms with van der Waals surface area (Å²) in [6.07, 6.45) is 10.8. The van der Waals surface area contributed by atoms with Crippen molar-refractivity contribution in [1.29, 1.82) is 0 Å². The molecule has 34 heavy (non-hydrogen) atoms. The van der Waals surface area contributed by atoms with Gasteiger partial charge in [-0.1, -0.05) is 25.1 Å². The molecule has 1 fully saturated rings. The molecule has 4 rings (SSSR count). The monoisotopic (exact) mass is 461 g/mol. The molecule has 1 amide bonds. The smallest absolute Gasteiger partial charge is 0.341 e. The van der Waals surface area contributed by atoms with Crippen LogP contribution in [0.15, 0.2) is 42.7 Å². The van der Waals surface area contributed by atoms with Gasteiger partial charge in [-0.15, -0.1) is 5.10 Å². The lowest BCUT2D eigenvalue weighted by atomic mass is 9.82. The summed E-state index contributed by atoms with van der Waals surface area (Å²) < 4.78 is 1.53. The quantitative estimate of drug-likeness (QED) is 0.513. The number of aromatic amines is 1. The van der Waals surface area contributed by atoms with Crippen molar-refractivity contribution in [2.75, 3.05) is 4.90 Å². The van der Waals surface area contributed by atoms with Gasteiger partial charge < -0.3 is 5.11 Å². The Morgan fingerprint density at radius 2 is 1.82 bits per heavy atom. The first-order chi connectivity index (χ1) is 16.3. The number of aromatic carboxylic acids is 1. The SMILES string of the molecule is CC(C)N(c1nn(-c2ccc(/C=C/c3cc[nH]n3)cc2)cc1C(=O)O)C(=O)[C@H]1CC[C@H](C)CC1. The Kier molecular flexibility index (Phi) is 6.95. The summed E-state index contributed by atoms with van der Waals surface area (Å²) in [7, 11) is 0. The maximum Gasteiger partial charge on any atom is 0.341 e. The molecule has 1 aromatic carbocycles. The Hall–Kier alpha value is -3.68. The Balaban J connectivity index is 1.61. The van der Waals surface area contributed by atoms with Crippen LogP contribution in [-0.4, -0.2) is 43.0 Å². The van der Waals surface area contributed by atoms with E-state index in [0.29, 0.717) is 11.6 Å². The maximum absolute atomic E-state index is 13.5. The third-order valence-corrected chi connectivity index (χ3v) is 6.40. The Morgan fingerprint density at radius 1 is 1.12 bits per heavy atom. The summed E-state index contributed by atoms with van der Waals surface area (Å²) in [6.45, 7) is 6.01. The van der Waals surface area contributed by atoms with Crippen LogP contribution >= 0.6 is 0 Å². The Bertz CT molecular complexity index is 1150. The number of nitrogens with zero attached hydrogens (tertiary/aromatic N) is 4. The van der Waals surface area contributed by atoms with Crippen molar-refractivity contribution >= 4 is 29.8 Å². The molecule has 1 aliphatic carbocycles. The fourth-order valence-corrected chi connectivity index (χ4v) is 4.42. The van der Waals surface area contributed by atoms with Crippen LogP contribution in [0.1, 0.15) is 68.1 Å². The van der Waals surface area contributed by atoms with Crippen LogP contribution in [-0.2, 0) is 4.79 Å². The van der Waals surface area contributed by atoms with E-state index in [2.05, 4.69) is 22.2 Å². The highest BCUT2D eigenvalue weighted by molar-refractivity contribution is 6.01. The number of hydrogen-bond acceptors (Lipinski definition) is 4. The fraction of sp³-hybridized carbons (Fsp3) is 0.385. The molecule has 0 aliphatic heterocycles. The van der Waals surface area contributed by atoms with Crippen LogP contribution in [0.3, 0.4) is 0 Å². The number of nitrogens with one attached hydrogen (secondary N) is 1. The molecule has 2 heterocycles. The summed E-state index contributed by atoms with van der Waals surface area (Å²) in [5.41, 5.74) is 2.54. The lowest BCUT2D eigenvalue weighted by molar-refractivity contribution is -0.123. The number of rotatable bonds is 7. The maximum atomic E-state index is 13.5. The number of benzene rings is 1. The van der Waals surface area contributed by atoms with Crippen molar-refractivity contribution in [2.45, 2.75) is 52.5 Å². The molecule has 3 aromatic rings. The lowest BCUT2D eigenvalue weighted by Crippen LogP contribution is -2.43. The number of carbonyl (C=O) groups excluding carboxylic acids is 1. The molecule has 8 heteroatoms. The van der Waals surface area contributed by atoms with Gasteiger partial charge in [0.15, 0.2) is 5.82 Å². The standard InChI is InChI=1S/C26H31N5O3/c1-17(2)31(25(32)20-9-4-18(3)5-10-20)24-23(26(33)34)16-30(29-24)22-12-7-19(8-13-22)6-11-21-14-15-27-28-21/h6-8,11-18,20H,4-5,9-10H2,1-3H3,(H,27,28)(H,33,34)/b11-6+/t18-,20-. The van der Waals surface area contributed by atoms with E-state index in [1.807, 2.05) is 56.3 Å². The molecule has 2 N–H and O–H groups in total. The highest BCUT2D eigenvalue weighted by Crippen LogP contribution is 2.32. The van der Waals surface area contributed by atoms with Crippen LogP contribution in [0, 0.1) is 11.8 Å². The second kappa shape index (κ2) is 10.1. The van der Waals surface area contributed by atoms with Gasteiger partial charge in [-0.2, -0.15) is 5.10 Å². The molecule has 0 atom stereocenters. The zero-order valence-corrected chi connectivity index (χ0v) is 19.8. The molecule has 1 saturated carbocycles. The first kappa shape index (κ1) is 23.5. The van der Waals surface area contributed by atoms with Crippen molar-refractivity contribution in [3.8, 4) is 5.69 Å². The fourth-order valence-electron chi connectivity index (χ4n) is 4.42. The lowest BCUT2D eigenvalue weighted by Gasteiger charge is -2.32. The second-order valence-electron chi connectivity index (χ2n) is 9.30. The minimum absolute atomic E-state index is 0.0220. The largest absolute Gasteiger partial charge is 0.477 e. The van der Waals surface area contributed by atoms with Gasteiger partial charge in [0.25, 0.3) is 0 Å². The average molecular weight is 462 g/mol. The van der Waals surface area contributed by atoms with Gasteiger partial charge in [0, 0.05) is 24.4 Å². The number of carboxylic acid groups (broad SMARTS) is 1. The van der Waals surface area contributed by atoms with Crippen molar-refractivity contribution in [1.82, 2.24) is 20.0 Å². The topological polar surface area (TPSA) is 104 Å². The molecular formula is C26H31N5O3. The van der Waals surface area contributed by atoms with E-state index < -0.39 is 5.97 Å². The predicted octanol–water partition coefficient (Wildman–Crippen LogP) is 5.03. The molecule has 0 unspecified atom stereocenters. The molecule has 0 saturated heterocycles. The van der Waals surface area contributed by atoms with Gasteiger partial charge in [-0.05, 0) is 75.3 Å². The molecule has 2 aromatic heterocycles. The molecular weight excluding hydrogens is 430 g/mol. The number of H-pyrrole nitrogens is 1. The van der Waals surface area contributed by atoms with E-state index in [-0.39, 0.29) is 29.2 Å². The third kappa shape index (κ3) is 5.11. The number of carbonyl (C=O) groups is 2. The molecule has 0 bridgehead atoms. The number of aromatic nitrogens is 4. The van der Waals surface area contributed by atoms with Gasteiger partial charge in [0.1, 0.15) is 5.56 Å². The first-order valence-corrected chi connectivity index (χ1v) is 11.8. The van der Waals surface area contributed by atoms with E-state index in [0.717, 1.165) is 36.9 Å². The van der Waals surface area contributed by atoms with Gasteiger partial charge >= 0.3 is 5.97 Å². The van der Waals surface area contributed by atoms with Crippen LogP contribution in [0.25, 0.3) is 17.8 Å². The normalized spacial score (nSPS) is 18.5. The summed E-state index contributed by atoms with van der Waals surface area (Å²) in [5, 5.41) is 21.3. The molecule has 0 radical (unpaired) electrons. The zero-order valence-electron chi connectivity index (χ0n) is 19.8. The second-order valence-corrected chi connectivity index (χ2v) is 9.30. The van der Waals surface area contributed by atoms with Gasteiger partial charge in [0.2, 0.25) is 5.91 Å². The molecule has 8 nitrogen and oxygen atoms in total. The highest BCUT2D eigenvalue weighted by atomic mass is 16.4. The van der Waals surface area contributed by atoms with Gasteiger partial charge in [0.05, 0.1) is 11.4 Å². The minimum atomic E-state index is -1.10. The predicted molar refractivity (Wildman–Crippen MR) is 132 cm³/mol. The van der Waals surface area contributed by atoms with E-state index >= 15 is 0 Å². The summed E-state index contributed by atoms with van der Waals surface area (Å²) in [6, 6.07) is 9.26. The summed E-state index contributed by atoms with van der Waals surface area (Å²) >= 11 is 0. The summed E-state index contributed by atoms with van der Waals surface area (Å²) in [5.74, 6) is -0.397. The van der Waals surface area contributed by atoms with E-state index in [1.54, 1.807) is 11.1 Å². The van der Waals surface area contributed by atoms with Crippen LogP contribution in [0.5, 0.6) is 0 Å². The molecule has 0 spiro atoms. The van der Waals surface area contributed by atoms with E-state index in [9.17, 15) is 14.7 Å². The first-order valence-electron chi connectivity index (χ1n) is 11.8. The van der Waals surface area contributed by atoms with Crippen molar-refractivity contribution < 1.29 is 14.7 Å².